The molecule has 1 saturated carbocycles. The van der Waals surface area contributed by atoms with E-state index in [0.717, 1.165) is 12.8 Å². The first kappa shape index (κ1) is 14.3. The van der Waals surface area contributed by atoms with Gasteiger partial charge in [0.2, 0.25) is 5.91 Å². The van der Waals surface area contributed by atoms with Gasteiger partial charge in [-0.2, -0.15) is 0 Å². The Kier molecular flexibility index (Phi) is 3.82. The molecule has 4 N–H and O–H groups in total. The molecular formula is C13H22N2O4. The highest BCUT2D eigenvalue weighted by Crippen LogP contribution is 2.37. The number of carboxylic acid groups (broad SMARTS) is 1. The number of carboxylic acids is 1. The van der Waals surface area contributed by atoms with E-state index < -0.39 is 16.9 Å². The number of nitrogens with two attached hydrogens (primary N) is 1. The van der Waals surface area contributed by atoms with E-state index in [4.69, 9.17) is 10.5 Å². The van der Waals surface area contributed by atoms with Crippen LogP contribution in [0.25, 0.3) is 0 Å². The third-order valence-corrected chi connectivity index (χ3v) is 4.66. The number of rotatable bonds is 3. The summed E-state index contributed by atoms with van der Waals surface area (Å²) in [6.07, 6.45) is 3.05. The van der Waals surface area contributed by atoms with Gasteiger partial charge in [-0.05, 0) is 19.8 Å². The molecule has 0 aromatic carbocycles. The minimum atomic E-state index is -1.19. The summed E-state index contributed by atoms with van der Waals surface area (Å²) in [4.78, 5) is 24.0. The van der Waals surface area contributed by atoms with E-state index in [2.05, 4.69) is 5.32 Å². The van der Waals surface area contributed by atoms with Gasteiger partial charge in [0.25, 0.3) is 0 Å². The number of ether oxygens (including phenoxy) is 1. The van der Waals surface area contributed by atoms with Crippen LogP contribution in [0.3, 0.4) is 0 Å². The van der Waals surface area contributed by atoms with E-state index in [9.17, 15) is 14.7 Å². The van der Waals surface area contributed by atoms with E-state index >= 15 is 0 Å². The lowest BCUT2D eigenvalue weighted by Gasteiger charge is -2.37. The summed E-state index contributed by atoms with van der Waals surface area (Å²) in [5.41, 5.74) is 4.16. The van der Waals surface area contributed by atoms with Crippen molar-refractivity contribution in [2.45, 2.75) is 50.6 Å². The molecule has 19 heavy (non-hydrogen) atoms. The van der Waals surface area contributed by atoms with Crippen LogP contribution in [0, 0.1) is 5.41 Å². The Morgan fingerprint density at radius 3 is 2.42 bits per heavy atom. The van der Waals surface area contributed by atoms with Crippen LogP contribution in [-0.2, 0) is 14.3 Å². The summed E-state index contributed by atoms with van der Waals surface area (Å²) < 4.78 is 5.19. The van der Waals surface area contributed by atoms with Crippen LogP contribution < -0.4 is 11.1 Å². The fourth-order valence-electron chi connectivity index (χ4n) is 2.95. The first-order valence-corrected chi connectivity index (χ1v) is 6.80. The molecule has 2 atom stereocenters. The Morgan fingerprint density at radius 2 is 1.95 bits per heavy atom. The summed E-state index contributed by atoms with van der Waals surface area (Å²) in [6.45, 7) is 2.54. The minimum Gasteiger partial charge on any atom is -0.480 e. The molecule has 0 bridgehead atoms. The van der Waals surface area contributed by atoms with Gasteiger partial charge in [-0.15, -0.1) is 0 Å². The van der Waals surface area contributed by atoms with Gasteiger partial charge in [-0.3, -0.25) is 4.79 Å². The Labute approximate surface area is 112 Å². The van der Waals surface area contributed by atoms with Crippen LogP contribution in [0.5, 0.6) is 0 Å². The number of nitrogens with one attached hydrogen (secondary N) is 1. The van der Waals surface area contributed by atoms with Gasteiger partial charge in [-0.25, -0.2) is 4.79 Å². The molecule has 1 heterocycles. The van der Waals surface area contributed by atoms with Gasteiger partial charge in [0.05, 0.1) is 5.41 Å². The summed E-state index contributed by atoms with van der Waals surface area (Å²) in [7, 11) is 0. The molecule has 6 nitrogen and oxygen atoms in total. The van der Waals surface area contributed by atoms with Gasteiger partial charge in [-0.1, -0.05) is 6.42 Å². The molecule has 1 aliphatic heterocycles. The summed E-state index contributed by atoms with van der Waals surface area (Å²) in [6, 6.07) is -0.196. The van der Waals surface area contributed by atoms with Crippen LogP contribution in [0.2, 0.25) is 0 Å². The second-order valence-electron chi connectivity index (χ2n) is 5.87. The maximum Gasteiger partial charge on any atom is 0.329 e. The second-order valence-corrected chi connectivity index (χ2v) is 5.87. The van der Waals surface area contributed by atoms with Crippen molar-refractivity contribution < 1.29 is 19.4 Å². The van der Waals surface area contributed by atoms with Crippen molar-refractivity contribution in [1.29, 1.82) is 0 Å². The molecular weight excluding hydrogens is 248 g/mol. The van der Waals surface area contributed by atoms with E-state index in [1.807, 2.05) is 6.92 Å². The van der Waals surface area contributed by atoms with Crippen molar-refractivity contribution in [2.24, 2.45) is 11.1 Å². The van der Waals surface area contributed by atoms with Crippen LogP contribution in [-0.4, -0.2) is 41.8 Å². The number of amides is 1. The molecule has 2 fully saturated rings. The SMILES string of the molecule is CC1(C(=O)NC2(C(=O)O)CCOCC2)CCCC1N. The highest BCUT2D eigenvalue weighted by molar-refractivity contribution is 5.90. The van der Waals surface area contributed by atoms with E-state index in [0.29, 0.717) is 32.5 Å². The molecule has 1 aliphatic carbocycles. The van der Waals surface area contributed by atoms with Crippen LogP contribution in [0.15, 0.2) is 0 Å². The van der Waals surface area contributed by atoms with Crippen molar-refractivity contribution in [3.05, 3.63) is 0 Å². The molecule has 108 valence electrons. The number of hydrogen-bond acceptors (Lipinski definition) is 4. The molecule has 6 heteroatoms. The Balaban J connectivity index is 2.13. The second kappa shape index (κ2) is 5.09. The summed E-state index contributed by atoms with van der Waals surface area (Å²) in [5.74, 6) is -1.22. The third-order valence-electron chi connectivity index (χ3n) is 4.66. The lowest BCUT2D eigenvalue weighted by atomic mass is 9.81. The number of aliphatic carboxylic acids is 1. The van der Waals surface area contributed by atoms with Crippen molar-refractivity contribution in [3.8, 4) is 0 Å². The zero-order chi connectivity index (χ0) is 14.1. The molecule has 2 rings (SSSR count). The predicted molar refractivity (Wildman–Crippen MR) is 68.5 cm³/mol. The average molecular weight is 270 g/mol. The third kappa shape index (κ3) is 2.47. The molecule has 0 aromatic heterocycles. The fourth-order valence-corrected chi connectivity index (χ4v) is 2.95. The number of carbonyl (C=O) groups excluding carboxylic acids is 1. The quantitative estimate of drug-likeness (QED) is 0.682. The van der Waals surface area contributed by atoms with Crippen LogP contribution >= 0.6 is 0 Å². The molecule has 0 radical (unpaired) electrons. The van der Waals surface area contributed by atoms with E-state index in [1.54, 1.807) is 0 Å². The Morgan fingerprint density at radius 1 is 1.32 bits per heavy atom. The maximum atomic E-state index is 12.5. The van der Waals surface area contributed by atoms with E-state index in [1.165, 1.54) is 0 Å². The van der Waals surface area contributed by atoms with Crippen LogP contribution in [0.1, 0.15) is 39.0 Å². The Bertz CT molecular complexity index is 379. The van der Waals surface area contributed by atoms with Gasteiger partial charge in [0.1, 0.15) is 5.54 Å². The van der Waals surface area contributed by atoms with Crippen molar-refractivity contribution in [1.82, 2.24) is 5.32 Å². The highest BCUT2D eigenvalue weighted by atomic mass is 16.5. The lowest BCUT2D eigenvalue weighted by molar-refractivity contribution is -0.154. The molecule has 2 aliphatic rings. The monoisotopic (exact) mass is 270 g/mol. The van der Waals surface area contributed by atoms with Gasteiger partial charge < -0.3 is 20.9 Å². The largest absolute Gasteiger partial charge is 0.480 e. The van der Waals surface area contributed by atoms with E-state index in [-0.39, 0.29) is 11.9 Å². The van der Waals surface area contributed by atoms with Gasteiger partial charge in [0.15, 0.2) is 0 Å². The summed E-state index contributed by atoms with van der Waals surface area (Å²) >= 11 is 0. The van der Waals surface area contributed by atoms with Crippen molar-refractivity contribution >= 4 is 11.9 Å². The van der Waals surface area contributed by atoms with Crippen molar-refractivity contribution in [2.75, 3.05) is 13.2 Å². The van der Waals surface area contributed by atoms with Crippen molar-refractivity contribution in [3.63, 3.8) is 0 Å². The van der Waals surface area contributed by atoms with Gasteiger partial charge >= 0.3 is 5.97 Å². The lowest BCUT2D eigenvalue weighted by Crippen LogP contribution is -2.61. The Hall–Kier alpha value is -1.14. The van der Waals surface area contributed by atoms with Gasteiger partial charge in [0, 0.05) is 32.1 Å². The number of hydrogen-bond donors (Lipinski definition) is 3. The zero-order valence-electron chi connectivity index (χ0n) is 11.3. The summed E-state index contributed by atoms with van der Waals surface area (Å²) in [5, 5.41) is 12.2. The minimum absolute atomic E-state index is 0.196. The average Bonchev–Trinajstić information content (AvgIpc) is 2.72. The maximum absolute atomic E-state index is 12.5. The highest BCUT2D eigenvalue weighted by Gasteiger charge is 2.48. The molecule has 2 unspecified atom stereocenters. The topological polar surface area (TPSA) is 102 Å². The molecule has 1 amide bonds. The predicted octanol–water partition coefficient (Wildman–Crippen LogP) is 0.254. The molecule has 0 aromatic rings. The standard InChI is InChI=1S/C13H22N2O4/c1-12(4-2-3-9(12)14)10(16)15-13(11(17)18)5-7-19-8-6-13/h9H,2-8,14H2,1H3,(H,15,16)(H,17,18). The first-order valence-electron chi connectivity index (χ1n) is 6.80. The number of carbonyl (C=O) groups is 2. The zero-order valence-corrected chi connectivity index (χ0v) is 11.3. The molecule has 1 saturated heterocycles. The molecule has 0 spiro atoms. The first-order chi connectivity index (χ1) is 8.91. The smallest absolute Gasteiger partial charge is 0.329 e. The van der Waals surface area contributed by atoms with Crippen LogP contribution in [0.4, 0.5) is 0 Å². The fraction of sp³-hybridized carbons (Fsp3) is 0.846. The normalized spacial score (nSPS) is 33.9.